The van der Waals surface area contributed by atoms with Gasteiger partial charge in [0.05, 0.1) is 12.5 Å². The fourth-order valence-electron chi connectivity index (χ4n) is 4.02. The van der Waals surface area contributed by atoms with Crippen molar-refractivity contribution in [1.29, 1.82) is 0 Å². The molecule has 2 N–H and O–H groups in total. The van der Waals surface area contributed by atoms with Crippen molar-refractivity contribution in [1.82, 2.24) is 20.1 Å². The summed E-state index contributed by atoms with van der Waals surface area (Å²) < 4.78 is 1.99. The average molecular weight is 499 g/mol. The first-order valence-electron chi connectivity index (χ1n) is 11.9. The number of amides is 1. The zero-order valence-electron chi connectivity index (χ0n) is 20.3. The number of allylic oxidation sites excluding steroid dienone is 1. The third-order valence-electron chi connectivity index (χ3n) is 5.87. The van der Waals surface area contributed by atoms with Gasteiger partial charge in [0.15, 0.2) is 11.0 Å². The maximum Gasteiger partial charge on any atom is 0.228 e. The minimum Gasteiger partial charge on any atom is -0.508 e. The summed E-state index contributed by atoms with van der Waals surface area (Å²) in [6.07, 6.45) is 2.33. The van der Waals surface area contributed by atoms with Crippen molar-refractivity contribution in [2.75, 3.05) is 0 Å². The largest absolute Gasteiger partial charge is 0.508 e. The lowest BCUT2D eigenvalue weighted by atomic mass is 9.91. The van der Waals surface area contributed by atoms with Gasteiger partial charge in [-0.1, -0.05) is 90.1 Å². The lowest BCUT2D eigenvalue weighted by molar-refractivity contribution is -0.122. The number of carbonyl (C=O) groups is 1. The predicted octanol–water partition coefficient (Wildman–Crippen LogP) is 5.41. The van der Waals surface area contributed by atoms with Gasteiger partial charge in [0, 0.05) is 12.3 Å². The van der Waals surface area contributed by atoms with Gasteiger partial charge in [0.2, 0.25) is 5.91 Å². The highest BCUT2D eigenvalue weighted by Gasteiger charge is 2.22. The zero-order valence-corrected chi connectivity index (χ0v) is 21.1. The van der Waals surface area contributed by atoms with E-state index in [9.17, 15) is 9.90 Å². The van der Waals surface area contributed by atoms with Crippen LogP contribution in [0.2, 0.25) is 0 Å². The molecule has 1 aromatic heterocycles. The van der Waals surface area contributed by atoms with Crippen LogP contribution < -0.4 is 5.32 Å². The van der Waals surface area contributed by atoms with Crippen LogP contribution in [0.1, 0.15) is 34.0 Å². The molecule has 1 atom stereocenters. The molecule has 3 aromatic carbocycles. The molecule has 0 aliphatic heterocycles. The van der Waals surface area contributed by atoms with Crippen LogP contribution in [0.3, 0.4) is 0 Å². The molecule has 0 aliphatic carbocycles. The Balaban J connectivity index is 1.47. The number of hydrogen-bond acceptors (Lipinski definition) is 5. The third kappa shape index (κ3) is 6.64. The number of carbonyl (C=O) groups excluding carboxylic acids is 1. The number of rotatable bonds is 11. The van der Waals surface area contributed by atoms with E-state index < -0.39 is 0 Å². The normalized spacial score (nSPS) is 11.7. The number of aromatic nitrogens is 3. The second kappa shape index (κ2) is 12.2. The lowest BCUT2D eigenvalue weighted by Crippen LogP contribution is -2.31. The molecular weight excluding hydrogens is 468 g/mol. The van der Waals surface area contributed by atoms with Crippen LogP contribution in [0.4, 0.5) is 0 Å². The molecule has 0 aliphatic rings. The molecule has 7 heteroatoms. The quantitative estimate of drug-likeness (QED) is 0.213. The maximum absolute atomic E-state index is 13.4. The van der Waals surface area contributed by atoms with E-state index in [0.717, 1.165) is 22.0 Å². The Labute approximate surface area is 216 Å². The number of nitrogens with one attached hydrogen (secondary N) is 1. The average Bonchev–Trinajstić information content (AvgIpc) is 3.28. The molecule has 184 valence electrons. The van der Waals surface area contributed by atoms with E-state index in [1.54, 1.807) is 23.9 Å². The van der Waals surface area contributed by atoms with Gasteiger partial charge >= 0.3 is 0 Å². The minimum absolute atomic E-state index is 0.0867. The summed E-state index contributed by atoms with van der Waals surface area (Å²) in [6.45, 7) is 6.78. The van der Waals surface area contributed by atoms with Crippen molar-refractivity contribution in [3.63, 3.8) is 0 Å². The Morgan fingerprint density at radius 1 is 1.06 bits per heavy atom. The lowest BCUT2D eigenvalue weighted by Gasteiger charge is -2.18. The Kier molecular flexibility index (Phi) is 8.57. The second-order valence-corrected chi connectivity index (χ2v) is 9.57. The van der Waals surface area contributed by atoms with Crippen molar-refractivity contribution >= 4 is 17.7 Å². The molecule has 1 amide bonds. The maximum atomic E-state index is 13.4. The summed E-state index contributed by atoms with van der Waals surface area (Å²) in [7, 11) is 0. The number of thioether (sulfide) groups is 1. The molecular formula is C29H30N4O2S. The SMILES string of the molecule is C=CCn1c(CNC(=O)[C@H](Cc2ccc(O)cc2)c2ccccc2)nnc1SCc1cccc(C)c1. The second-order valence-electron chi connectivity index (χ2n) is 8.63. The summed E-state index contributed by atoms with van der Waals surface area (Å²) in [5.74, 6) is 1.22. The molecule has 0 fully saturated rings. The summed E-state index contributed by atoms with van der Waals surface area (Å²) >= 11 is 1.62. The monoisotopic (exact) mass is 498 g/mol. The van der Waals surface area contributed by atoms with Gasteiger partial charge in [0.1, 0.15) is 5.75 Å². The van der Waals surface area contributed by atoms with E-state index in [0.29, 0.717) is 18.8 Å². The van der Waals surface area contributed by atoms with Crippen LogP contribution in [-0.2, 0) is 30.1 Å². The van der Waals surface area contributed by atoms with Crippen LogP contribution in [-0.4, -0.2) is 25.8 Å². The van der Waals surface area contributed by atoms with E-state index in [2.05, 4.69) is 53.3 Å². The Morgan fingerprint density at radius 3 is 2.56 bits per heavy atom. The van der Waals surface area contributed by atoms with Gasteiger partial charge in [-0.05, 0) is 42.2 Å². The van der Waals surface area contributed by atoms with Crippen LogP contribution in [0, 0.1) is 6.92 Å². The van der Waals surface area contributed by atoms with Crippen LogP contribution in [0.15, 0.2) is 96.7 Å². The standard InChI is InChI=1S/C29H30N4O2S/c1-3-16-33-27(31-32-29(33)36-20-23-9-7-8-21(2)17-23)19-30-28(35)26(24-10-5-4-6-11-24)18-22-12-14-25(34)15-13-22/h3-15,17,26,34H,1,16,18-20H2,2H3,(H,30,35)/t26-/m1/s1. The van der Waals surface area contributed by atoms with Crippen molar-refractivity contribution < 1.29 is 9.90 Å². The predicted molar refractivity (Wildman–Crippen MR) is 144 cm³/mol. The number of hydrogen-bond donors (Lipinski definition) is 2. The smallest absolute Gasteiger partial charge is 0.228 e. The molecule has 6 nitrogen and oxygen atoms in total. The summed E-state index contributed by atoms with van der Waals surface area (Å²) in [5, 5.41) is 22.2. The molecule has 36 heavy (non-hydrogen) atoms. The minimum atomic E-state index is -0.373. The van der Waals surface area contributed by atoms with Crippen molar-refractivity contribution in [3.8, 4) is 5.75 Å². The van der Waals surface area contributed by atoms with Crippen molar-refractivity contribution in [2.45, 2.75) is 43.3 Å². The Morgan fingerprint density at radius 2 is 1.83 bits per heavy atom. The first-order valence-corrected chi connectivity index (χ1v) is 12.8. The van der Waals surface area contributed by atoms with E-state index >= 15 is 0 Å². The van der Waals surface area contributed by atoms with Crippen molar-refractivity contribution in [2.24, 2.45) is 0 Å². The highest BCUT2D eigenvalue weighted by Crippen LogP contribution is 2.24. The summed E-state index contributed by atoms with van der Waals surface area (Å²) in [4.78, 5) is 13.4. The highest BCUT2D eigenvalue weighted by molar-refractivity contribution is 7.98. The number of nitrogens with zero attached hydrogens (tertiary/aromatic N) is 3. The zero-order chi connectivity index (χ0) is 25.3. The molecule has 0 unspecified atom stereocenters. The first kappa shape index (κ1) is 25.3. The Bertz CT molecular complexity index is 1300. The van der Waals surface area contributed by atoms with Gasteiger partial charge in [-0.25, -0.2) is 0 Å². The number of benzene rings is 3. The molecule has 0 bridgehead atoms. The van der Waals surface area contributed by atoms with Crippen LogP contribution in [0.5, 0.6) is 5.75 Å². The van der Waals surface area contributed by atoms with Gasteiger partial charge in [-0.15, -0.1) is 16.8 Å². The fourth-order valence-corrected chi connectivity index (χ4v) is 4.93. The number of phenolic OH excluding ortho intramolecular Hbond substituents is 1. The third-order valence-corrected chi connectivity index (χ3v) is 6.91. The summed E-state index contributed by atoms with van der Waals surface area (Å²) in [5.41, 5.74) is 4.36. The van der Waals surface area contributed by atoms with E-state index in [1.165, 1.54) is 11.1 Å². The number of aromatic hydroxyl groups is 1. The van der Waals surface area contributed by atoms with Gasteiger partial charge in [-0.3, -0.25) is 4.79 Å². The molecule has 1 heterocycles. The molecule has 0 saturated heterocycles. The van der Waals surface area contributed by atoms with Crippen LogP contribution >= 0.6 is 11.8 Å². The van der Waals surface area contributed by atoms with Gasteiger partial charge in [-0.2, -0.15) is 0 Å². The number of phenols is 1. The van der Waals surface area contributed by atoms with E-state index in [4.69, 9.17) is 0 Å². The van der Waals surface area contributed by atoms with Gasteiger partial charge in [0.25, 0.3) is 0 Å². The molecule has 0 radical (unpaired) electrons. The molecule has 4 aromatic rings. The highest BCUT2D eigenvalue weighted by atomic mass is 32.2. The first-order chi connectivity index (χ1) is 17.5. The van der Waals surface area contributed by atoms with E-state index in [1.807, 2.05) is 53.1 Å². The van der Waals surface area contributed by atoms with Crippen molar-refractivity contribution in [3.05, 3.63) is 120 Å². The van der Waals surface area contributed by atoms with Crippen LogP contribution in [0.25, 0.3) is 0 Å². The topological polar surface area (TPSA) is 80.0 Å². The number of aryl methyl sites for hydroxylation is 1. The molecule has 0 spiro atoms. The fraction of sp³-hybridized carbons (Fsp3) is 0.207. The Hall–Kier alpha value is -3.84. The molecule has 0 saturated carbocycles. The molecule has 4 rings (SSSR count). The van der Waals surface area contributed by atoms with Gasteiger partial charge < -0.3 is 15.0 Å². The summed E-state index contributed by atoms with van der Waals surface area (Å²) in [6, 6.07) is 25.1. The van der Waals surface area contributed by atoms with E-state index in [-0.39, 0.29) is 24.1 Å².